The molecule has 2 heterocycles. The van der Waals surface area contributed by atoms with Gasteiger partial charge in [0.25, 0.3) is 0 Å². The van der Waals surface area contributed by atoms with Crippen LogP contribution in [0.4, 0.5) is 0 Å². The van der Waals surface area contributed by atoms with E-state index in [2.05, 4.69) is 6.92 Å². The molecule has 0 amide bonds. The van der Waals surface area contributed by atoms with Crippen molar-refractivity contribution in [1.82, 2.24) is 4.31 Å². The molecule has 2 aliphatic heterocycles. The Morgan fingerprint density at radius 2 is 2.06 bits per heavy atom. The van der Waals surface area contributed by atoms with Gasteiger partial charge in [-0.2, -0.15) is 4.31 Å². The van der Waals surface area contributed by atoms with Crippen molar-refractivity contribution in [2.75, 3.05) is 25.4 Å². The minimum atomic E-state index is -3.17. The fraction of sp³-hybridized carbons (Fsp3) is 0.846. The zero-order chi connectivity index (χ0) is 13.2. The molecule has 0 N–H and O–H groups in total. The lowest BCUT2D eigenvalue weighted by molar-refractivity contribution is 0.0299. The second-order valence-corrected chi connectivity index (χ2v) is 7.42. The summed E-state index contributed by atoms with van der Waals surface area (Å²) in [5.74, 6) is 0.152. The average molecular weight is 273 g/mol. The predicted octanol–water partition coefficient (Wildman–Crippen LogP) is 1.93. The third-order valence-corrected chi connectivity index (χ3v) is 5.83. The molecule has 2 aliphatic rings. The van der Waals surface area contributed by atoms with Crippen molar-refractivity contribution in [3.05, 3.63) is 11.1 Å². The molecule has 4 nitrogen and oxygen atoms in total. The van der Waals surface area contributed by atoms with E-state index >= 15 is 0 Å². The fourth-order valence-corrected chi connectivity index (χ4v) is 4.20. The first-order valence-electron chi connectivity index (χ1n) is 6.74. The molecule has 0 aromatic carbocycles. The van der Waals surface area contributed by atoms with Crippen LogP contribution in [-0.2, 0) is 14.8 Å². The molecular formula is C13H23NO3S. The van der Waals surface area contributed by atoms with Crippen molar-refractivity contribution in [2.45, 2.75) is 45.6 Å². The van der Waals surface area contributed by atoms with Crippen molar-refractivity contribution in [3.63, 3.8) is 0 Å². The number of hydrogen-bond acceptors (Lipinski definition) is 3. The molecule has 2 rings (SSSR count). The maximum atomic E-state index is 12.3. The van der Waals surface area contributed by atoms with Gasteiger partial charge >= 0.3 is 0 Å². The second kappa shape index (κ2) is 5.72. The fourth-order valence-electron chi connectivity index (χ4n) is 2.50. The summed E-state index contributed by atoms with van der Waals surface area (Å²) >= 11 is 0. The summed E-state index contributed by atoms with van der Waals surface area (Å²) in [5.41, 5.74) is 2.52. The highest BCUT2D eigenvalue weighted by atomic mass is 32.2. The van der Waals surface area contributed by atoms with Gasteiger partial charge in [-0.1, -0.05) is 11.1 Å². The van der Waals surface area contributed by atoms with Gasteiger partial charge in [-0.3, -0.25) is 0 Å². The smallest absolute Gasteiger partial charge is 0.216 e. The van der Waals surface area contributed by atoms with Crippen molar-refractivity contribution in [2.24, 2.45) is 0 Å². The van der Waals surface area contributed by atoms with Crippen molar-refractivity contribution in [3.8, 4) is 0 Å². The summed E-state index contributed by atoms with van der Waals surface area (Å²) in [6, 6.07) is 0. The number of rotatable bonds is 3. The van der Waals surface area contributed by atoms with Crippen LogP contribution in [0.25, 0.3) is 0 Å². The van der Waals surface area contributed by atoms with Gasteiger partial charge in [-0.15, -0.1) is 0 Å². The SMILES string of the molecule is CC1=C(C)CN(S(=O)(=O)CC2CCCCO2)CC1. The van der Waals surface area contributed by atoms with Gasteiger partial charge in [0.05, 0.1) is 11.9 Å². The molecule has 1 saturated heterocycles. The number of ether oxygens (including phenoxy) is 1. The van der Waals surface area contributed by atoms with Crippen molar-refractivity contribution < 1.29 is 13.2 Å². The Kier molecular flexibility index (Phi) is 4.45. The van der Waals surface area contributed by atoms with Crippen LogP contribution in [0.1, 0.15) is 39.5 Å². The molecular weight excluding hydrogens is 250 g/mol. The third-order valence-electron chi connectivity index (χ3n) is 3.94. The Morgan fingerprint density at radius 1 is 1.28 bits per heavy atom. The number of nitrogens with zero attached hydrogens (tertiary/aromatic N) is 1. The molecule has 0 bridgehead atoms. The first kappa shape index (κ1) is 14.0. The Hall–Kier alpha value is -0.390. The molecule has 0 spiro atoms. The summed E-state index contributed by atoms with van der Waals surface area (Å²) in [7, 11) is -3.17. The summed E-state index contributed by atoms with van der Waals surface area (Å²) < 4.78 is 31.8. The van der Waals surface area contributed by atoms with Gasteiger partial charge in [0.15, 0.2) is 0 Å². The molecule has 104 valence electrons. The van der Waals surface area contributed by atoms with E-state index in [0.29, 0.717) is 19.7 Å². The van der Waals surface area contributed by atoms with E-state index in [4.69, 9.17) is 4.74 Å². The molecule has 5 heteroatoms. The zero-order valence-corrected chi connectivity index (χ0v) is 12.1. The molecule has 1 atom stereocenters. The molecule has 0 radical (unpaired) electrons. The highest BCUT2D eigenvalue weighted by molar-refractivity contribution is 7.89. The first-order valence-corrected chi connectivity index (χ1v) is 8.34. The minimum absolute atomic E-state index is 0.101. The topological polar surface area (TPSA) is 46.6 Å². The quantitative estimate of drug-likeness (QED) is 0.738. The Bertz CT molecular complexity index is 422. The van der Waals surface area contributed by atoms with Crippen LogP contribution in [0.3, 0.4) is 0 Å². The van der Waals surface area contributed by atoms with E-state index in [0.717, 1.165) is 25.7 Å². The van der Waals surface area contributed by atoms with Gasteiger partial charge < -0.3 is 4.74 Å². The molecule has 1 fully saturated rings. The van der Waals surface area contributed by atoms with E-state index in [1.807, 2.05) is 6.92 Å². The number of hydrogen-bond donors (Lipinski definition) is 0. The van der Waals surface area contributed by atoms with E-state index in [9.17, 15) is 8.42 Å². The monoisotopic (exact) mass is 273 g/mol. The molecule has 0 aromatic heterocycles. The highest BCUT2D eigenvalue weighted by Crippen LogP contribution is 2.22. The van der Waals surface area contributed by atoms with Crippen LogP contribution in [-0.4, -0.2) is 44.3 Å². The van der Waals surface area contributed by atoms with Gasteiger partial charge in [0, 0.05) is 19.7 Å². The Labute approximate surface area is 110 Å². The lowest BCUT2D eigenvalue weighted by Gasteiger charge is -2.30. The van der Waals surface area contributed by atoms with Crippen LogP contribution in [0.15, 0.2) is 11.1 Å². The largest absolute Gasteiger partial charge is 0.377 e. The van der Waals surface area contributed by atoms with E-state index in [-0.39, 0.29) is 11.9 Å². The average Bonchev–Trinajstić information content (AvgIpc) is 2.33. The third kappa shape index (κ3) is 3.33. The van der Waals surface area contributed by atoms with Gasteiger partial charge in [0.1, 0.15) is 0 Å². The van der Waals surface area contributed by atoms with Gasteiger partial charge in [-0.25, -0.2) is 8.42 Å². The van der Waals surface area contributed by atoms with Crippen LogP contribution >= 0.6 is 0 Å². The van der Waals surface area contributed by atoms with Crippen LogP contribution in [0.5, 0.6) is 0 Å². The normalized spacial score (nSPS) is 27.6. The molecule has 0 aliphatic carbocycles. The summed E-state index contributed by atoms with van der Waals surface area (Å²) in [4.78, 5) is 0. The van der Waals surface area contributed by atoms with Crippen molar-refractivity contribution >= 4 is 10.0 Å². The van der Waals surface area contributed by atoms with E-state index < -0.39 is 10.0 Å². The predicted molar refractivity (Wildman–Crippen MR) is 71.9 cm³/mol. The second-order valence-electron chi connectivity index (χ2n) is 5.41. The Morgan fingerprint density at radius 3 is 2.67 bits per heavy atom. The van der Waals surface area contributed by atoms with Crippen molar-refractivity contribution in [1.29, 1.82) is 0 Å². The maximum absolute atomic E-state index is 12.3. The lowest BCUT2D eigenvalue weighted by atomic mass is 10.1. The molecule has 0 saturated carbocycles. The first-order chi connectivity index (χ1) is 8.49. The maximum Gasteiger partial charge on any atom is 0.216 e. The lowest BCUT2D eigenvalue weighted by Crippen LogP contribution is -2.41. The summed E-state index contributed by atoms with van der Waals surface area (Å²) in [6.45, 7) is 6.00. The van der Waals surface area contributed by atoms with Gasteiger partial charge in [0.2, 0.25) is 10.0 Å². The van der Waals surface area contributed by atoms with Gasteiger partial charge in [-0.05, 0) is 39.5 Å². The standard InChI is InChI=1S/C13H23NO3S/c1-11-6-7-14(9-12(11)2)18(15,16)10-13-5-3-4-8-17-13/h13H,3-10H2,1-2H3. The van der Waals surface area contributed by atoms with Crippen LogP contribution in [0.2, 0.25) is 0 Å². The summed E-state index contributed by atoms with van der Waals surface area (Å²) in [6.07, 6.45) is 3.77. The van der Waals surface area contributed by atoms with Crippen LogP contribution in [0, 0.1) is 0 Å². The summed E-state index contributed by atoms with van der Waals surface area (Å²) in [5, 5.41) is 0. The molecule has 0 aromatic rings. The van der Waals surface area contributed by atoms with E-state index in [1.54, 1.807) is 4.31 Å². The zero-order valence-electron chi connectivity index (χ0n) is 11.3. The Balaban J connectivity index is 1.98. The minimum Gasteiger partial charge on any atom is -0.377 e. The molecule has 18 heavy (non-hydrogen) atoms. The highest BCUT2D eigenvalue weighted by Gasteiger charge is 2.29. The molecule has 1 unspecified atom stereocenters. The van der Waals surface area contributed by atoms with Crippen LogP contribution < -0.4 is 0 Å². The number of sulfonamides is 1. The van der Waals surface area contributed by atoms with E-state index in [1.165, 1.54) is 11.1 Å².